The molecule has 4 heteroatoms. The summed E-state index contributed by atoms with van der Waals surface area (Å²) in [5.74, 6) is 0. The Balaban J connectivity index is 2.61. The number of aromatic nitrogens is 2. The minimum Gasteiger partial charge on any atom is -0.328 e. The van der Waals surface area contributed by atoms with Gasteiger partial charge in [-0.2, -0.15) is 5.10 Å². The van der Waals surface area contributed by atoms with Crippen molar-refractivity contribution in [1.82, 2.24) is 10.2 Å². The first-order chi connectivity index (χ1) is 7.09. The molecule has 0 aliphatic carbocycles. The molecular formula is C11H14ClN3. The van der Waals surface area contributed by atoms with E-state index in [2.05, 4.69) is 10.2 Å². The van der Waals surface area contributed by atoms with Crippen LogP contribution in [0.3, 0.4) is 0 Å². The third-order valence-electron chi connectivity index (χ3n) is 2.51. The van der Waals surface area contributed by atoms with Crippen molar-refractivity contribution in [2.45, 2.75) is 26.3 Å². The van der Waals surface area contributed by atoms with Crippen LogP contribution >= 0.6 is 11.6 Å². The second-order valence-electron chi connectivity index (χ2n) is 3.95. The van der Waals surface area contributed by atoms with Gasteiger partial charge in [0.05, 0.1) is 11.2 Å². The van der Waals surface area contributed by atoms with E-state index in [1.54, 1.807) is 0 Å². The Kier molecular flexibility index (Phi) is 2.67. The Bertz CT molecular complexity index is 488. The normalized spacial score (nSPS) is 13.3. The Morgan fingerprint density at radius 2 is 2.27 bits per heavy atom. The van der Waals surface area contributed by atoms with E-state index in [1.807, 2.05) is 26.0 Å². The van der Waals surface area contributed by atoms with E-state index in [0.29, 0.717) is 0 Å². The van der Waals surface area contributed by atoms with Gasteiger partial charge in [0.25, 0.3) is 0 Å². The van der Waals surface area contributed by atoms with Crippen LogP contribution in [-0.4, -0.2) is 16.2 Å². The zero-order chi connectivity index (χ0) is 11.0. The fourth-order valence-corrected chi connectivity index (χ4v) is 1.95. The summed E-state index contributed by atoms with van der Waals surface area (Å²) in [5, 5.41) is 9.16. The summed E-state index contributed by atoms with van der Waals surface area (Å²) in [4.78, 5) is 0. The molecular weight excluding hydrogens is 210 g/mol. The van der Waals surface area contributed by atoms with Crippen molar-refractivity contribution < 1.29 is 0 Å². The van der Waals surface area contributed by atoms with Crippen molar-refractivity contribution in [1.29, 1.82) is 0 Å². The van der Waals surface area contributed by atoms with Crippen LogP contribution < -0.4 is 5.73 Å². The highest BCUT2D eigenvalue weighted by atomic mass is 35.5. The van der Waals surface area contributed by atoms with Crippen LogP contribution in [0.4, 0.5) is 0 Å². The molecule has 3 nitrogen and oxygen atoms in total. The van der Waals surface area contributed by atoms with Gasteiger partial charge >= 0.3 is 0 Å². The van der Waals surface area contributed by atoms with E-state index < -0.39 is 0 Å². The minimum atomic E-state index is 0.106. The molecule has 0 amide bonds. The van der Waals surface area contributed by atoms with Crippen LogP contribution in [0, 0.1) is 6.92 Å². The number of halogens is 1. The van der Waals surface area contributed by atoms with Crippen molar-refractivity contribution >= 4 is 22.5 Å². The lowest BCUT2D eigenvalue weighted by atomic mass is 10.1. The number of hydrogen-bond acceptors (Lipinski definition) is 2. The predicted molar refractivity (Wildman–Crippen MR) is 63.2 cm³/mol. The Morgan fingerprint density at radius 3 is 2.93 bits per heavy atom. The first-order valence-corrected chi connectivity index (χ1v) is 5.35. The van der Waals surface area contributed by atoms with Crippen molar-refractivity contribution in [2.75, 3.05) is 0 Å². The highest BCUT2D eigenvalue weighted by Crippen LogP contribution is 2.26. The maximum atomic E-state index is 6.08. The molecule has 1 heterocycles. The summed E-state index contributed by atoms with van der Waals surface area (Å²) >= 11 is 6.08. The molecule has 0 saturated heterocycles. The molecule has 0 saturated carbocycles. The Labute approximate surface area is 93.6 Å². The Morgan fingerprint density at radius 1 is 1.53 bits per heavy atom. The van der Waals surface area contributed by atoms with Gasteiger partial charge in [-0.15, -0.1) is 0 Å². The lowest BCUT2D eigenvalue weighted by Crippen LogP contribution is -2.18. The second-order valence-corrected chi connectivity index (χ2v) is 4.35. The third-order valence-corrected chi connectivity index (χ3v) is 2.92. The van der Waals surface area contributed by atoms with Crippen LogP contribution in [0.25, 0.3) is 10.9 Å². The van der Waals surface area contributed by atoms with Crippen LogP contribution in [0.5, 0.6) is 0 Å². The molecule has 1 unspecified atom stereocenters. The standard InChI is InChI=1S/C11H14ClN3/c1-6(13)5-10-11-7(2)8(12)3-4-9(11)14-15-10/h3-4,6H,5,13H2,1-2H3,(H,14,15). The molecule has 0 spiro atoms. The second kappa shape index (κ2) is 3.83. The number of benzene rings is 1. The molecule has 2 aromatic rings. The fourth-order valence-electron chi connectivity index (χ4n) is 1.79. The minimum absolute atomic E-state index is 0.106. The largest absolute Gasteiger partial charge is 0.328 e. The van der Waals surface area contributed by atoms with Gasteiger partial charge in [-0.25, -0.2) is 0 Å². The van der Waals surface area contributed by atoms with Gasteiger partial charge < -0.3 is 5.73 Å². The maximum absolute atomic E-state index is 6.08. The van der Waals surface area contributed by atoms with Gasteiger partial charge in [-0.1, -0.05) is 11.6 Å². The summed E-state index contributed by atoms with van der Waals surface area (Å²) in [6.07, 6.45) is 0.765. The average Bonchev–Trinajstić information content (AvgIpc) is 2.55. The first kappa shape index (κ1) is 10.5. The smallest absolute Gasteiger partial charge is 0.0719 e. The van der Waals surface area contributed by atoms with Crippen molar-refractivity contribution in [3.8, 4) is 0 Å². The number of nitrogens with zero attached hydrogens (tertiary/aromatic N) is 1. The lowest BCUT2D eigenvalue weighted by molar-refractivity contribution is 0.722. The van der Waals surface area contributed by atoms with Crippen molar-refractivity contribution in [2.24, 2.45) is 5.73 Å². The molecule has 0 radical (unpaired) electrons. The number of nitrogens with one attached hydrogen (secondary N) is 1. The monoisotopic (exact) mass is 223 g/mol. The van der Waals surface area contributed by atoms with Gasteiger partial charge in [-0.3, -0.25) is 5.10 Å². The van der Waals surface area contributed by atoms with Crippen LogP contribution in [0.15, 0.2) is 12.1 Å². The molecule has 2 rings (SSSR count). The van der Waals surface area contributed by atoms with E-state index in [-0.39, 0.29) is 6.04 Å². The fraction of sp³-hybridized carbons (Fsp3) is 0.364. The molecule has 1 aromatic heterocycles. The number of nitrogens with two attached hydrogens (primary N) is 1. The molecule has 0 aliphatic rings. The number of aromatic amines is 1. The third kappa shape index (κ3) is 1.85. The summed E-state index contributed by atoms with van der Waals surface area (Å²) in [6.45, 7) is 3.98. The highest BCUT2D eigenvalue weighted by molar-refractivity contribution is 6.32. The summed E-state index contributed by atoms with van der Waals surface area (Å²) in [7, 11) is 0. The topological polar surface area (TPSA) is 54.7 Å². The molecule has 3 N–H and O–H groups in total. The zero-order valence-corrected chi connectivity index (χ0v) is 9.60. The van der Waals surface area contributed by atoms with E-state index in [9.17, 15) is 0 Å². The average molecular weight is 224 g/mol. The Hall–Kier alpha value is -1.06. The van der Waals surface area contributed by atoms with E-state index in [4.69, 9.17) is 17.3 Å². The van der Waals surface area contributed by atoms with E-state index in [0.717, 1.165) is 33.6 Å². The molecule has 1 aromatic carbocycles. The van der Waals surface area contributed by atoms with Crippen LogP contribution in [0.1, 0.15) is 18.2 Å². The number of aryl methyl sites for hydroxylation is 1. The lowest BCUT2D eigenvalue weighted by Gasteiger charge is -2.04. The van der Waals surface area contributed by atoms with E-state index in [1.165, 1.54) is 0 Å². The number of fused-ring (bicyclic) bond motifs is 1. The predicted octanol–water partition coefficient (Wildman–Crippen LogP) is 2.41. The van der Waals surface area contributed by atoms with Crippen molar-refractivity contribution in [3.05, 3.63) is 28.4 Å². The zero-order valence-electron chi connectivity index (χ0n) is 8.84. The molecule has 0 fully saturated rings. The SMILES string of the molecule is Cc1c(Cl)ccc2[nH]nc(CC(C)N)c12. The molecule has 1 atom stereocenters. The quantitative estimate of drug-likeness (QED) is 0.822. The highest BCUT2D eigenvalue weighted by Gasteiger charge is 2.11. The van der Waals surface area contributed by atoms with Gasteiger partial charge in [-0.05, 0) is 31.5 Å². The molecule has 0 bridgehead atoms. The molecule has 15 heavy (non-hydrogen) atoms. The van der Waals surface area contributed by atoms with Gasteiger partial charge in [0.15, 0.2) is 0 Å². The first-order valence-electron chi connectivity index (χ1n) is 4.97. The number of rotatable bonds is 2. The van der Waals surface area contributed by atoms with Crippen molar-refractivity contribution in [3.63, 3.8) is 0 Å². The van der Waals surface area contributed by atoms with Gasteiger partial charge in [0.2, 0.25) is 0 Å². The molecule has 80 valence electrons. The van der Waals surface area contributed by atoms with Gasteiger partial charge in [0, 0.05) is 22.9 Å². The summed E-state index contributed by atoms with van der Waals surface area (Å²) < 4.78 is 0. The molecule has 0 aliphatic heterocycles. The summed E-state index contributed by atoms with van der Waals surface area (Å²) in [6, 6.07) is 3.94. The number of H-pyrrole nitrogens is 1. The van der Waals surface area contributed by atoms with Gasteiger partial charge in [0.1, 0.15) is 0 Å². The maximum Gasteiger partial charge on any atom is 0.0719 e. The summed E-state index contributed by atoms with van der Waals surface area (Å²) in [5.41, 5.74) is 8.86. The van der Waals surface area contributed by atoms with E-state index >= 15 is 0 Å². The van der Waals surface area contributed by atoms with Crippen LogP contribution in [0.2, 0.25) is 5.02 Å². The number of hydrogen-bond donors (Lipinski definition) is 2. The van der Waals surface area contributed by atoms with Crippen LogP contribution in [-0.2, 0) is 6.42 Å².